The minimum atomic E-state index is -3.65. The van der Waals surface area contributed by atoms with Gasteiger partial charge >= 0.3 is 7.82 Å². The van der Waals surface area contributed by atoms with E-state index in [1.54, 1.807) is 7.05 Å². The van der Waals surface area contributed by atoms with Crippen LogP contribution in [-0.2, 0) is 18.1 Å². The minimum Gasteiger partial charge on any atom is -0.394 e. The van der Waals surface area contributed by atoms with Crippen molar-refractivity contribution in [2.24, 2.45) is 0 Å². The Hall–Kier alpha value is -0.0100. The third-order valence-electron chi connectivity index (χ3n) is 1.05. The quantitative estimate of drug-likeness (QED) is 0.355. The zero-order valence-electron chi connectivity index (χ0n) is 8.01. The largest absolute Gasteiger partial charge is 0.476 e. The second kappa shape index (κ2) is 8.31. The summed E-state index contributed by atoms with van der Waals surface area (Å²) in [5.41, 5.74) is 0. The number of nitrogens with one attached hydrogen (secondary N) is 1. The van der Waals surface area contributed by atoms with Crippen LogP contribution in [0.1, 0.15) is 0 Å². The molecular weight excluding hydrogens is 213 g/mol. The van der Waals surface area contributed by atoms with E-state index in [0.717, 1.165) is 0 Å². The van der Waals surface area contributed by atoms with E-state index < -0.39 is 7.82 Å². The normalized spacial score (nSPS) is 11.9. The first-order chi connectivity index (χ1) is 6.68. The lowest BCUT2D eigenvalue weighted by Gasteiger charge is -2.16. The van der Waals surface area contributed by atoms with E-state index in [9.17, 15) is 4.57 Å². The fourth-order valence-electron chi connectivity index (χ4n) is 0.561. The molecule has 0 heterocycles. The van der Waals surface area contributed by atoms with Gasteiger partial charge in [0.25, 0.3) is 0 Å². The molecule has 0 saturated carbocycles. The molecule has 0 amide bonds. The van der Waals surface area contributed by atoms with Gasteiger partial charge in [0.1, 0.15) is 6.73 Å². The second-order valence-corrected chi connectivity index (χ2v) is 3.86. The molecule has 0 aromatic carbocycles. The van der Waals surface area contributed by atoms with E-state index in [-0.39, 0.29) is 33.2 Å². The van der Waals surface area contributed by atoms with Crippen molar-refractivity contribution in [2.45, 2.75) is 0 Å². The van der Waals surface area contributed by atoms with Gasteiger partial charge in [-0.3, -0.25) is 18.9 Å². The Balaban J connectivity index is 3.97. The van der Waals surface area contributed by atoms with Crippen molar-refractivity contribution in [3.63, 3.8) is 0 Å². The smallest absolute Gasteiger partial charge is 0.394 e. The first-order valence-electron chi connectivity index (χ1n) is 4.08. The van der Waals surface area contributed by atoms with Crippen LogP contribution < -0.4 is 5.32 Å². The predicted octanol–water partition coefficient (Wildman–Crippen LogP) is -0.694. The fourth-order valence-corrected chi connectivity index (χ4v) is 1.68. The van der Waals surface area contributed by atoms with E-state index in [1.807, 2.05) is 0 Å². The lowest BCUT2D eigenvalue weighted by atomic mass is 10.8. The van der Waals surface area contributed by atoms with Gasteiger partial charge in [-0.25, -0.2) is 4.57 Å². The van der Waals surface area contributed by atoms with Crippen molar-refractivity contribution in [3.05, 3.63) is 0 Å². The summed E-state index contributed by atoms with van der Waals surface area (Å²) in [7, 11) is -2.05. The summed E-state index contributed by atoms with van der Waals surface area (Å²) >= 11 is 0. The van der Waals surface area contributed by atoms with Gasteiger partial charge in [-0.15, -0.1) is 0 Å². The molecule has 7 nitrogen and oxygen atoms in total. The minimum absolute atomic E-state index is 0.00582. The van der Waals surface area contributed by atoms with E-state index in [4.69, 9.17) is 23.8 Å². The number of phosphoric ester groups is 1. The highest BCUT2D eigenvalue weighted by molar-refractivity contribution is 7.48. The van der Waals surface area contributed by atoms with Crippen molar-refractivity contribution in [2.75, 3.05) is 40.2 Å². The van der Waals surface area contributed by atoms with E-state index in [1.165, 1.54) is 0 Å². The predicted molar refractivity (Wildman–Crippen MR) is 48.7 cm³/mol. The van der Waals surface area contributed by atoms with Crippen molar-refractivity contribution in [1.29, 1.82) is 0 Å². The number of aliphatic hydroxyl groups is 2. The van der Waals surface area contributed by atoms with Crippen LogP contribution in [-0.4, -0.2) is 50.4 Å². The molecule has 14 heavy (non-hydrogen) atoms. The number of aliphatic hydroxyl groups excluding tert-OH is 2. The standard InChI is InChI=1S/C6H16NO6P/c1-7-6-13-14(10,11-4-2-8)12-5-3-9/h7-9H,2-6H2,1H3. The van der Waals surface area contributed by atoms with Crippen molar-refractivity contribution < 1.29 is 28.3 Å². The van der Waals surface area contributed by atoms with Crippen LogP contribution in [0.4, 0.5) is 0 Å². The molecule has 0 aliphatic carbocycles. The summed E-state index contributed by atoms with van der Waals surface area (Å²) in [6.07, 6.45) is 0. The Kier molecular flexibility index (Phi) is 8.30. The van der Waals surface area contributed by atoms with Gasteiger partial charge < -0.3 is 10.2 Å². The van der Waals surface area contributed by atoms with Crippen LogP contribution in [0, 0.1) is 0 Å². The highest BCUT2D eigenvalue weighted by Gasteiger charge is 2.25. The molecule has 0 bridgehead atoms. The molecule has 0 fully saturated rings. The second-order valence-electron chi connectivity index (χ2n) is 2.19. The SMILES string of the molecule is CNCOP(=O)(OCCO)OCCO. The van der Waals surface area contributed by atoms with E-state index in [0.29, 0.717) is 0 Å². The van der Waals surface area contributed by atoms with Crippen molar-refractivity contribution in [1.82, 2.24) is 5.32 Å². The zero-order chi connectivity index (χ0) is 10.9. The summed E-state index contributed by atoms with van der Waals surface area (Å²) in [6, 6.07) is 0. The zero-order valence-corrected chi connectivity index (χ0v) is 8.90. The van der Waals surface area contributed by atoms with Crippen LogP contribution in [0.25, 0.3) is 0 Å². The molecule has 0 aliphatic heterocycles. The Morgan fingerprint density at radius 1 is 1.14 bits per heavy atom. The van der Waals surface area contributed by atoms with Gasteiger partial charge in [-0.1, -0.05) is 0 Å². The van der Waals surface area contributed by atoms with Crippen molar-refractivity contribution in [3.8, 4) is 0 Å². The number of hydrogen-bond donors (Lipinski definition) is 3. The molecule has 0 aromatic rings. The van der Waals surface area contributed by atoms with Gasteiger partial charge in [0, 0.05) is 0 Å². The van der Waals surface area contributed by atoms with Crippen LogP contribution in [0.15, 0.2) is 0 Å². The molecule has 8 heteroatoms. The van der Waals surface area contributed by atoms with Crippen LogP contribution in [0.3, 0.4) is 0 Å². The summed E-state index contributed by atoms with van der Waals surface area (Å²) in [4.78, 5) is 0. The van der Waals surface area contributed by atoms with Gasteiger partial charge in [-0.05, 0) is 7.05 Å². The summed E-state index contributed by atoms with van der Waals surface area (Å²) < 4.78 is 25.7. The lowest BCUT2D eigenvalue weighted by Crippen LogP contribution is -2.14. The fraction of sp³-hybridized carbons (Fsp3) is 1.00. The average molecular weight is 229 g/mol. The first kappa shape index (κ1) is 14.0. The van der Waals surface area contributed by atoms with Gasteiger partial charge in [0.2, 0.25) is 0 Å². The molecule has 0 saturated heterocycles. The third kappa shape index (κ3) is 6.44. The van der Waals surface area contributed by atoms with Gasteiger partial charge in [0.15, 0.2) is 0 Å². The number of rotatable bonds is 9. The van der Waals surface area contributed by atoms with E-state index in [2.05, 4.69) is 5.32 Å². The van der Waals surface area contributed by atoms with Gasteiger partial charge in [0.05, 0.1) is 26.4 Å². The summed E-state index contributed by atoms with van der Waals surface area (Å²) in [5.74, 6) is 0. The molecule has 0 aliphatic rings. The molecule has 0 unspecified atom stereocenters. The van der Waals surface area contributed by atoms with Crippen molar-refractivity contribution >= 4 is 7.82 Å². The lowest BCUT2D eigenvalue weighted by molar-refractivity contribution is 0.0804. The maximum Gasteiger partial charge on any atom is 0.476 e. The maximum absolute atomic E-state index is 11.6. The van der Waals surface area contributed by atoms with Gasteiger partial charge in [-0.2, -0.15) is 0 Å². The Morgan fingerprint density at radius 2 is 1.64 bits per heavy atom. The number of hydrogen-bond acceptors (Lipinski definition) is 7. The maximum atomic E-state index is 11.6. The molecule has 0 radical (unpaired) electrons. The number of phosphoric acid groups is 1. The molecule has 0 aromatic heterocycles. The topological polar surface area (TPSA) is 97.3 Å². The molecule has 0 rings (SSSR count). The Morgan fingerprint density at radius 3 is 2.00 bits per heavy atom. The monoisotopic (exact) mass is 229 g/mol. The summed E-state index contributed by atoms with van der Waals surface area (Å²) in [5, 5.41) is 19.5. The van der Waals surface area contributed by atoms with Crippen LogP contribution in [0.2, 0.25) is 0 Å². The molecule has 86 valence electrons. The van der Waals surface area contributed by atoms with Crippen LogP contribution in [0.5, 0.6) is 0 Å². The van der Waals surface area contributed by atoms with Crippen LogP contribution >= 0.6 is 7.82 Å². The molecule has 0 spiro atoms. The highest BCUT2D eigenvalue weighted by atomic mass is 31.2. The molecule has 0 atom stereocenters. The molecular formula is C6H16NO6P. The average Bonchev–Trinajstić information content (AvgIpc) is 2.21. The summed E-state index contributed by atoms with van der Waals surface area (Å²) in [6.45, 7) is -0.863. The highest BCUT2D eigenvalue weighted by Crippen LogP contribution is 2.48. The molecule has 3 N–H and O–H groups in total. The third-order valence-corrected chi connectivity index (χ3v) is 2.49. The first-order valence-corrected chi connectivity index (χ1v) is 5.54. The Bertz CT molecular complexity index is 149. The van der Waals surface area contributed by atoms with E-state index >= 15 is 0 Å². The Labute approximate surface area is 82.6 Å².